The first-order valence-electron chi connectivity index (χ1n) is 11.5. The van der Waals surface area contributed by atoms with Crippen LogP contribution in [0, 0.1) is 5.92 Å². The number of rotatable bonds is 10. The minimum atomic E-state index is -0.0765. The first kappa shape index (κ1) is 23.1. The lowest BCUT2D eigenvalue weighted by Crippen LogP contribution is -2.35. The van der Waals surface area contributed by atoms with E-state index in [1.165, 1.54) is 25.9 Å². The quantitative estimate of drug-likeness (QED) is 0.545. The van der Waals surface area contributed by atoms with Gasteiger partial charge in [-0.25, -0.2) is 0 Å². The highest BCUT2D eigenvalue weighted by atomic mass is 16.5. The first-order valence-corrected chi connectivity index (χ1v) is 11.5. The SMILES string of the molecule is CCOc1cc(C(=O)NCCCCN2CCC[C@H](C)C2)cc(-c2ccccc2)c1OC. The number of hydrogen-bond donors (Lipinski definition) is 1. The third kappa shape index (κ3) is 6.47. The zero-order chi connectivity index (χ0) is 22.1. The van der Waals surface area contributed by atoms with E-state index in [0.717, 1.165) is 36.4 Å². The van der Waals surface area contributed by atoms with Crippen molar-refractivity contribution in [2.24, 2.45) is 5.92 Å². The van der Waals surface area contributed by atoms with E-state index < -0.39 is 0 Å². The Balaban J connectivity index is 1.62. The van der Waals surface area contributed by atoms with Crippen LogP contribution in [-0.4, -0.2) is 50.7 Å². The number of nitrogens with zero attached hydrogens (tertiary/aromatic N) is 1. The van der Waals surface area contributed by atoms with Gasteiger partial charge < -0.3 is 19.7 Å². The lowest BCUT2D eigenvalue weighted by atomic mass is 10.00. The predicted molar refractivity (Wildman–Crippen MR) is 126 cm³/mol. The van der Waals surface area contributed by atoms with Crippen molar-refractivity contribution >= 4 is 5.91 Å². The third-order valence-corrected chi connectivity index (χ3v) is 5.83. The molecule has 0 aliphatic carbocycles. The smallest absolute Gasteiger partial charge is 0.251 e. The molecular formula is C26H36N2O3. The van der Waals surface area contributed by atoms with Crippen LogP contribution in [0.1, 0.15) is 49.9 Å². The minimum absolute atomic E-state index is 0.0765. The molecule has 168 valence electrons. The van der Waals surface area contributed by atoms with Gasteiger partial charge in [-0.05, 0) is 69.3 Å². The molecule has 1 amide bonds. The molecule has 1 heterocycles. The van der Waals surface area contributed by atoms with Crippen LogP contribution in [0.15, 0.2) is 42.5 Å². The maximum Gasteiger partial charge on any atom is 0.251 e. The van der Waals surface area contributed by atoms with E-state index in [-0.39, 0.29) is 5.91 Å². The van der Waals surface area contributed by atoms with Crippen LogP contribution in [0.4, 0.5) is 0 Å². The number of piperidine rings is 1. The molecule has 5 nitrogen and oxygen atoms in total. The Bertz CT molecular complexity index is 838. The van der Waals surface area contributed by atoms with Gasteiger partial charge in [-0.15, -0.1) is 0 Å². The highest BCUT2D eigenvalue weighted by Crippen LogP contribution is 2.39. The van der Waals surface area contributed by atoms with E-state index in [0.29, 0.717) is 30.2 Å². The van der Waals surface area contributed by atoms with Crippen LogP contribution in [0.25, 0.3) is 11.1 Å². The molecule has 1 atom stereocenters. The van der Waals surface area contributed by atoms with Crippen molar-refractivity contribution in [3.8, 4) is 22.6 Å². The molecular weight excluding hydrogens is 388 g/mol. The van der Waals surface area contributed by atoms with Gasteiger partial charge in [0.15, 0.2) is 11.5 Å². The zero-order valence-electron chi connectivity index (χ0n) is 19.2. The van der Waals surface area contributed by atoms with Crippen molar-refractivity contribution in [3.05, 3.63) is 48.0 Å². The maximum absolute atomic E-state index is 12.9. The lowest BCUT2D eigenvalue weighted by Gasteiger charge is -2.30. The highest BCUT2D eigenvalue weighted by Gasteiger charge is 2.18. The topological polar surface area (TPSA) is 50.8 Å². The monoisotopic (exact) mass is 424 g/mol. The number of amides is 1. The Morgan fingerprint density at radius 2 is 2.00 bits per heavy atom. The third-order valence-electron chi connectivity index (χ3n) is 5.83. The standard InChI is InChI=1S/C26H36N2O3/c1-4-31-24-18-22(17-23(25(24)30-3)21-12-6-5-7-13-21)26(29)27-14-8-9-15-28-16-10-11-20(2)19-28/h5-7,12-13,17-18,20H,4,8-11,14-16,19H2,1-3H3,(H,27,29)/t20-/m0/s1. The molecule has 2 aromatic rings. The maximum atomic E-state index is 12.9. The van der Waals surface area contributed by atoms with E-state index in [9.17, 15) is 4.79 Å². The predicted octanol–water partition coefficient (Wildman–Crippen LogP) is 5.00. The van der Waals surface area contributed by atoms with Gasteiger partial charge >= 0.3 is 0 Å². The van der Waals surface area contributed by atoms with Gasteiger partial charge in [-0.2, -0.15) is 0 Å². The zero-order valence-corrected chi connectivity index (χ0v) is 19.2. The minimum Gasteiger partial charge on any atom is -0.492 e. The van der Waals surface area contributed by atoms with E-state index >= 15 is 0 Å². The second-order valence-corrected chi connectivity index (χ2v) is 8.37. The summed E-state index contributed by atoms with van der Waals surface area (Å²) in [4.78, 5) is 15.4. The van der Waals surface area contributed by atoms with Crippen molar-refractivity contribution < 1.29 is 14.3 Å². The Morgan fingerprint density at radius 1 is 1.19 bits per heavy atom. The van der Waals surface area contributed by atoms with Gasteiger partial charge in [-0.3, -0.25) is 4.79 Å². The largest absolute Gasteiger partial charge is 0.492 e. The number of carbonyl (C=O) groups is 1. The molecule has 1 aliphatic heterocycles. The average molecular weight is 425 g/mol. The van der Waals surface area contributed by atoms with Crippen LogP contribution < -0.4 is 14.8 Å². The number of ether oxygens (including phenoxy) is 2. The van der Waals surface area contributed by atoms with E-state index in [4.69, 9.17) is 9.47 Å². The molecule has 0 unspecified atom stereocenters. The van der Waals surface area contributed by atoms with Crippen molar-refractivity contribution in [1.29, 1.82) is 0 Å². The molecule has 0 radical (unpaired) electrons. The summed E-state index contributed by atoms with van der Waals surface area (Å²) >= 11 is 0. The van der Waals surface area contributed by atoms with E-state index in [1.807, 2.05) is 43.3 Å². The van der Waals surface area contributed by atoms with E-state index in [2.05, 4.69) is 17.1 Å². The van der Waals surface area contributed by atoms with E-state index in [1.54, 1.807) is 13.2 Å². The molecule has 1 saturated heterocycles. The second kappa shape index (κ2) is 11.8. The average Bonchev–Trinajstić information content (AvgIpc) is 2.79. The summed E-state index contributed by atoms with van der Waals surface area (Å²) in [5, 5.41) is 3.08. The van der Waals surface area contributed by atoms with Crippen molar-refractivity contribution in [3.63, 3.8) is 0 Å². The summed E-state index contributed by atoms with van der Waals surface area (Å²) in [6.07, 6.45) is 4.75. The van der Waals surface area contributed by atoms with Crippen molar-refractivity contribution in [1.82, 2.24) is 10.2 Å². The molecule has 2 aromatic carbocycles. The summed E-state index contributed by atoms with van der Waals surface area (Å²) in [6, 6.07) is 13.6. The Labute approximate surface area is 186 Å². The van der Waals surface area contributed by atoms with Crippen molar-refractivity contribution in [2.75, 3.05) is 39.9 Å². The molecule has 0 saturated carbocycles. The number of benzene rings is 2. The fourth-order valence-electron chi connectivity index (χ4n) is 4.29. The second-order valence-electron chi connectivity index (χ2n) is 8.37. The summed E-state index contributed by atoms with van der Waals surface area (Å²) in [5.41, 5.74) is 2.44. The molecule has 1 fully saturated rings. The van der Waals surface area contributed by atoms with Gasteiger partial charge in [0, 0.05) is 24.2 Å². The van der Waals surface area contributed by atoms with Crippen LogP contribution >= 0.6 is 0 Å². The highest BCUT2D eigenvalue weighted by molar-refractivity contribution is 5.97. The summed E-state index contributed by atoms with van der Waals surface area (Å²) in [7, 11) is 1.63. The van der Waals surface area contributed by atoms with Crippen LogP contribution in [-0.2, 0) is 0 Å². The first-order chi connectivity index (χ1) is 15.1. The number of nitrogens with one attached hydrogen (secondary N) is 1. The summed E-state index contributed by atoms with van der Waals surface area (Å²) in [5.74, 6) is 1.98. The van der Waals surface area contributed by atoms with Gasteiger partial charge in [0.2, 0.25) is 0 Å². The lowest BCUT2D eigenvalue weighted by molar-refractivity contribution is 0.0951. The van der Waals surface area contributed by atoms with Crippen molar-refractivity contribution in [2.45, 2.75) is 39.5 Å². The molecule has 1 aliphatic rings. The van der Waals surface area contributed by atoms with Gasteiger partial charge in [0.05, 0.1) is 13.7 Å². The van der Waals surface area contributed by atoms with Crippen LogP contribution in [0.5, 0.6) is 11.5 Å². The number of methoxy groups -OCH3 is 1. The fourth-order valence-corrected chi connectivity index (χ4v) is 4.29. The Morgan fingerprint density at radius 3 is 2.71 bits per heavy atom. The van der Waals surface area contributed by atoms with Gasteiger partial charge in [0.25, 0.3) is 5.91 Å². The Kier molecular flexibility index (Phi) is 8.77. The Hall–Kier alpha value is -2.53. The summed E-state index contributed by atoms with van der Waals surface area (Å²) < 4.78 is 11.4. The fraction of sp³-hybridized carbons (Fsp3) is 0.500. The molecule has 31 heavy (non-hydrogen) atoms. The summed E-state index contributed by atoms with van der Waals surface area (Å²) in [6.45, 7) is 8.99. The normalized spacial score (nSPS) is 16.7. The number of unbranched alkanes of at least 4 members (excludes halogenated alkanes) is 1. The molecule has 0 spiro atoms. The molecule has 5 heteroatoms. The number of hydrogen-bond acceptors (Lipinski definition) is 4. The molecule has 0 bridgehead atoms. The van der Waals surface area contributed by atoms with Crippen LogP contribution in [0.2, 0.25) is 0 Å². The van der Waals surface area contributed by atoms with Crippen LogP contribution in [0.3, 0.4) is 0 Å². The number of carbonyl (C=O) groups excluding carboxylic acids is 1. The van der Waals surface area contributed by atoms with Gasteiger partial charge in [0.1, 0.15) is 0 Å². The molecule has 3 rings (SSSR count). The molecule has 0 aromatic heterocycles. The number of likely N-dealkylation sites (tertiary alicyclic amines) is 1. The molecule has 1 N–H and O–H groups in total. The van der Waals surface area contributed by atoms with Gasteiger partial charge in [-0.1, -0.05) is 37.3 Å².